The van der Waals surface area contributed by atoms with Gasteiger partial charge in [-0.15, -0.1) is 0 Å². The number of aryl methyl sites for hydroxylation is 2. The number of rotatable bonds is 6. The molecule has 1 aromatic heterocycles. The van der Waals surface area contributed by atoms with Gasteiger partial charge >= 0.3 is 0 Å². The molecule has 1 aromatic carbocycles. The van der Waals surface area contributed by atoms with Crippen molar-refractivity contribution in [3.8, 4) is 5.75 Å². The molecule has 0 amide bonds. The summed E-state index contributed by atoms with van der Waals surface area (Å²) >= 11 is 3.52. The van der Waals surface area contributed by atoms with E-state index in [2.05, 4.69) is 40.1 Å². The minimum atomic E-state index is -0.0195. The van der Waals surface area contributed by atoms with Crippen LogP contribution in [0.15, 0.2) is 34.9 Å². The molecule has 0 bridgehead atoms. The Morgan fingerprint density at radius 3 is 2.65 bits per heavy atom. The Bertz CT molecular complexity index is 551. The summed E-state index contributed by atoms with van der Waals surface area (Å²) in [5, 5.41) is 4.31. The van der Waals surface area contributed by atoms with E-state index in [1.165, 1.54) is 5.56 Å². The maximum atomic E-state index is 6.31. The normalized spacial score (nSPS) is 12.4. The zero-order chi connectivity index (χ0) is 14.5. The molecule has 1 heterocycles. The number of benzene rings is 1. The molecule has 1 atom stereocenters. The van der Waals surface area contributed by atoms with Gasteiger partial charge in [-0.3, -0.25) is 4.68 Å². The summed E-state index contributed by atoms with van der Waals surface area (Å²) in [6, 6.07) is 8.10. The first-order chi connectivity index (χ1) is 9.65. The summed E-state index contributed by atoms with van der Waals surface area (Å²) in [5.74, 6) is 0.879. The van der Waals surface area contributed by atoms with Crippen LogP contribution in [0, 0.1) is 0 Å². The van der Waals surface area contributed by atoms with E-state index >= 15 is 0 Å². The van der Waals surface area contributed by atoms with Gasteiger partial charge in [0.15, 0.2) is 0 Å². The summed E-state index contributed by atoms with van der Waals surface area (Å²) in [6.45, 7) is 2.90. The van der Waals surface area contributed by atoms with Gasteiger partial charge in [0.2, 0.25) is 0 Å². The molecule has 0 saturated heterocycles. The molecule has 0 fully saturated rings. The highest BCUT2D eigenvalue weighted by atomic mass is 79.9. The van der Waals surface area contributed by atoms with Crippen molar-refractivity contribution in [1.29, 1.82) is 0 Å². The van der Waals surface area contributed by atoms with E-state index in [0.29, 0.717) is 0 Å². The molecule has 2 N–H and O–H groups in total. The van der Waals surface area contributed by atoms with Crippen molar-refractivity contribution in [1.82, 2.24) is 9.78 Å². The number of hydrogen-bond donors (Lipinski definition) is 1. The Balaban J connectivity index is 2.00. The quantitative estimate of drug-likeness (QED) is 0.879. The molecule has 5 heteroatoms. The highest BCUT2D eigenvalue weighted by Crippen LogP contribution is 2.25. The van der Waals surface area contributed by atoms with E-state index in [1.807, 2.05) is 23.0 Å². The lowest BCUT2D eigenvalue weighted by molar-refractivity contribution is 0.414. The minimum absolute atomic E-state index is 0.0195. The van der Waals surface area contributed by atoms with Crippen molar-refractivity contribution in [2.24, 2.45) is 5.73 Å². The molecule has 4 nitrogen and oxygen atoms in total. The van der Waals surface area contributed by atoms with Crippen LogP contribution in [0.4, 0.5) is 0 Å². The second kappa shape index (κ2) is 6.90. The van der Waals surface area contributed by atoms with Crippen molar-refractivity contribution in [2.75, 3.05) is 7.11 Å². The van der Waals surface area contributed by atoms with Crippen molar-refractivity contribution in [2.45, 2.75) is 32.4 Å². The SMILES string of the molecule is CCn1ncc(Br)c1C(N)CCc1ccc(OC)cc1. The number of halogens is 1. The highest BCUT2D eigenvalue weighted by molar-refractivity contribution is 9.10. The van der Waals surface area contributed by atoms with Gasteiger partial charge in [-0.1, -0.05) is 12.1 Å². The van der Waals surface area contributed by atoms with Crippen LogP contribution in [-0.4, -0.2) is 16.9 Å². The van der Waals surface area contributed by atoms with Gasteiger partial charge in [0.05, 0.1) is 23.5 Å². The summed E-state index contributed by atoms with van der Waals surface area (Å²) in [7, 11) is 1.67. The fourth-order valence-corrected chi connectivity index (χ4v) is 2.83. The molecule has 0 aliphatic rings. The second-order valence-corrected chi connectivity index (χ2v) is 5.54. The predicted molar refractivity (Wildman–Crippen MR) is 83.8 cm³/mol. The zero-order valence-corrected chi connectivity index (χ0v) is 13.4. The zero-order valence-electron chi connectivity index (χ0n) is 11.8. The van der Waals surface area contributed by atoms with E-state index < -0.39 is 0 Å². The van der Waals surface area contributed by atoms with Crippen LogP contribution in [-0.2, 0) is 13.0 Å². The topological polar surface area (TPSA) is 53.1 Å². The molecule has 0 spiro atoms. The third-order valence-corrected chi connectivity index (χ3v) is 4.00. The number of ether oxygens (including phenoxy) is 1. The van der Waals surface area contributed by atoms with Crippen LogP contribution in [0.5, 0.6) is 5.75 Å². The Morgan fingerprint density at radius 1 is 1.35 bits per heavy atom. The first kappa shape index (κ1) is 15.1. The molecule has 1 unspecified atom stereocenters. The molecule has 0 saturated carbocycles. The number of hydrogen-bond acceptors (Lipinski definition) is 3. The maximum Gasteiger partial charge on any atom is 0.118 e. The fraction of sp³-hybridized carbons (Fsp3) is 0.400. The van der Waals surface area contributed by atoms with E-state index in [-0.39, 0.29) is 6.04 Å². The molecule has 0 aliphatic carbocycles. The largest absolute Gasteiger partial charge is 0.497 e. The summed E-state index contributed by atoms with van der Waals surface area (Å²) in [4.78, 5) is 0. The fourth-order valence-electron chi connectivity index (χ4n) is 2.24. The molecular weight excluding hydrogens is 318 g/mol. The minimum Gasteiger partial charge on any atom is -0.497 e. The molecule has 20 heavy (non-hydrogen) atoms. The maximum absolute atomic E-state index is 6.31. The smallest absolute Gasteiger partial charge is 0.118 e. The Kier molecular flexibility index (Phi) is 5.20. The lowest BCUT2D eigenvalue weighted by Crippen LogP contribution is -2.17. The van der Waals surface area contributed by atoms with Gasteiger partial charge < -0.3 is 10.5 Å². The lowest BCUT2D eigenvalue weighted by Gasteiger charge is -2.14. The second-order valence-electron chi connectivity index (χ2n) is 4.69. The highest BCUT2D eigenvalue weighted by Gasteiger charge is 2.15. The summed E-state index contributed by atoms with van der Waals surface area (Å²) < 4.78 is 8.09. The number of nitrogens with zero attached hydrogens (tertiary/aromatic N) is 2. The number of aromatic nitrogens is 2. The molecule has 0 radical (unpaired) electrons. The van der Waals surface area contributed by atoms with Crippen LogP contribution < -0.4 is 10.5 Å². The van der Waals surface area contributed by atoms with Gasteiger partial charge in [0, 0.05) is 12.6 Å². The lowest BCUT2D eigenvalue weighted by atomic mass is 10.0. The standard InChI is InChI=1S/C15H20BrN3O/c1-3-19-15(13(16)10-18-19)14(17)9-6-11-4-7-12(20-2)8-5-11/h4-5,7-8,10,14H,3,6,9,17H2,1-2H3. The van der Waals surface area contributed by atoms with Crippen LogP contribution >= 0.6 is 15.9 Å². The van der Waals surface area contributed by atoms with E-state index in [9.17, 15) is 0 Å². The van der Waals surface area contributed by atoms with Crippen molar-refractivity contribution >= 4 is 15.9 Å². The number of nitrogens with two attached hydrogens (primary N) is 1. The summed E-state index contributed by atoms with van der Waals surface area (Å²) in [5.41, 5.74) is 8.64. The first-order valence-corrected chi connectivity index (χ1v) is 7.54. The third kappa shape index (κ3) is 3.41. The first-order valence-electron chi connectivity index (χ1n) is 6.75. The van der Waals surface area contributed by atoms with Crippen LogP contribution in [0.1, 0.15) is 30.6 Å². The van der Waals surface area contributed by atoms with Gasteiger partial charge in [0.25, 0.3) is 0 Å². The van der Waals surface area contributed by atoms with Crippen molar-refractivity contribution in [3.63, 3.8) is 0 Å². The van der Waals surface area contributed by atoms with Crippen molar-refractivity contribution in [3.05, 3.63) is 46.2 Å². The molecule has 2 rings (SSSR count). The predicted octanol–water partition coefficient (Wildman–Crippen LogP) is 3.31. The third-order valence-electron chi connectivity index (χ3n) is 3.39. The van der Waals surface area contributed by atoms with Crippen molar-refractivity contribution < 1.29 is 4.74 Å². The molecule has 0 aliphatic heterocycles. The van der Waals surface area contributed by atoms with Gasteiger partial charge in [-0.2, -0.15) is 5.10 Å². The van der Waals surface area contributed by atoms with Crippen LogP contribution in [0.25, 0.3) is 0 Å². The monoisotopic (exact) mass is 337 g/mol. The van der Waals surface area contributed by atoms with Gasteiger partial charge in [-0.25, -0.2) is 0 Å². The Hall–Kier alpha value is -1.33. The average molecular weight is 338 g/mol. The van der Waals surface area contributed by atoms with E-state index in [4.69, 9.17) is 10.5 Å². The Labute approximate surface area is 128 Å². The summed E-state index contributed by atoms with van der Waals surface area (Å²) in [6.07, 6.45) is 3.63. The van der Waals surface area contributed by atoms with Crippen LogP contribution in [0.3, 0.4) is 0 Å². The van der Waals surface area contributed by atoms with E-state index in [0.717, 1.165) is 35.3 Å². The molecule has 108 valence electrons. The van der Waals surface area contributed by atoms with Crippen LogP contribution in [0.2, 0.25) is 0 Å². The Morgan fingerprint density at radius 2 is 2.05 bits per heavy atom. The molecule has 2 aromatic rings. The van der Waals surface area contributed by atoms with Gasteiger partial charge in [0.1, 0.15) is 5.75 Å². The average Bonchev–Trinajstić information content (AvgIpc) is 2.86. The van der Waals surface area contributed by atoms with E-state index in [1.54, 1.807) is 7.11 Å². The van der Waals surface area contributed by atoms with Gasteiger partial charge in [-0.05, 0) is 53.4 Å². The number of methoxy groups -OCH3 is 1. The molecular formula is C15H20BrN3O.